The number of carbonyl (C=O) groups is 1. The Labute approximate surface area is 91.8 Å². The molecule has 5 nitrogen and oxygen atoms in total. The van der Waals surface area contributed by atoms with Crippen LogP contribution in [0.15, 0.2) is 12.1 Å². The highest BCUT2D eigenvalue weighted by Gasteiger charge is 2.09. The summed E-state index contributed by atoms with van der Waals surface area (Å²) >= 11 is 5.84. The monoisotopic (exact) mass is 230 g/mol. The van der Waals surface area contributed by atoms with E-state index in [1.54, 1.807) is 6.92 Å². The van der Waals surface area contributed by atoms with Crippen LogP contribution >= 0.6 is 11.6 Å². The first-order valence-electron chi connectivity index (χ1n) is 4.26. The van der Waals surface area contributed by atoms with E-state index in [9.17, 15) is 4.79 Å². The van der Waals surface area contributed by atoms with Crippen molar-refractivity contribution in [3.05, 3.63) is 17.2 Å². The number of amides is 1. The van der Waals surface area contributed by atoms with Gasteiger partial charge in [-0.15, -0.1) is 0 Å². The van der Waals surface area contributed by atoms with Gasteiger partial charge in [-0.25, -0.2) is 4.79 Å². The topological polar surface area (TPSA) is 84.6 Å². The molecule has 1 aromatic carbocycles. The Hall–Kier alpha value is -1.62. The number of carboxylic acid groups (broad SMARTS) is 1. The molecule has 6 heteroatoms. The summed E-state index contributed by atoms with van der Waals surface area (Å²) in [6.07, 6.45) is -1.19. The van der Waals surface area contributed by atoms with E-state index in [4.69, 9.17) is 27.2 Å². The zero-order valence-corrected chi connectivity index (χ0v) is 8.84. The fraction of sp³-hybridized carbons (Fsp3) is 0.222. The molecule has 0 aromatic heterocycles. The number of hydrogen-bond acceptors (Lipinski definition) is 3. The molecule has 0 saturated carbocycles. The van der Waals surface area contributed by atoms with Gasteiger partial charge >= 0.3 is 6.09 Å². The molecule has 0 unspecified atom stereocenters. The zero-order valence-electron chi connectivity index (χ0n) is 8.08. The summed E-state index contributed by atoms with van der Waals surface area (Å²) in [6, 6.07) is 2.90. The Kier molecular flexibility index (Phi) is 3.62. The molecule has 0 aliphatic heterocycles. The molecule has 1 rings (SSSR count). The van der Waals surface area contributed by atoms with Gasteiger partial charge in [0.1, 0.15) is 5.75 Å². The fourth-order valence-electron chi connectivity index (χ4n) is 1.06. The van der Waals surface area contributed by atoms with Gasteiger partial charge in [0.05, 0.1) is 23.0 Å². The Morgan fingerprint density at radius 1 is 1.67 bits per heavy atom. The molecule has 0 bridgehead atoms. The quantitative estimate of drug-likeness (QED) is 0.696. The molecule has 82 valence electrons. The Bertz CT molecular complexity index is 382. The van der Waals surface area contributed by atoms with Crippen molar-refractivity contribution >= 4 is 29.1 Å². The van der Waals surface area contributed by atoms with Gasteiger partial charge in [0.25, 0.3) is 0 Å². The molecule has 0 heterocycles. The minimum absolute atomic E-state index is 0.255. The second-order valence-corrected chi connectivity index (χ2v) is 3.14. The summed E-state index contributed by atoms with van der Waals surface area (Å²) in [4.78, 5) is 10.4. The Morgan fingerprint density at radius 3 is 2.87 bits per heavy atom. The van der Waals surface area contributed by atoms with Crippen LogP contribution in [0.1, 0.15) is 6.92 Å². The van der Waals surface area contributed by atoms with Gasteiger partial charge in [0, 0.05) is 6.07 Å². The third-order valence-electron chi connectivity index (χ3n) is 1.65. The SMILES string of the molecule is CCOc1cc(NC(=O)O)c(N)cc1Cl. The number of anilines is 2. The maximum Gasteiger partial charge on any atom is 0.409 e. The van der Waals surface area contributed by atoms with Crippen LogP contribution in [0, 0.1) is 0 Å². The van der Waals surface area contributed by atoms with Crippen LogP contribution in [0.2, 0.25) is 5.02 Å². The summed E-state index contributed by atoms with van der Waals surface area (Å²) in [5, 5.41) is 11.0. The third-order valence-corrected chi connectivity index (χ3v) is 1.94. The van der Waals surface area contributed by atoms with Gasteiger partial charge in [-0.3, -0.25) is 5.32 Å². The normalized spacial score (nSPS) is 9.73. The van der Waals surface area contributed by atoms with Crippen molar-refractivity contribution in [2.75, 3.05) is 17.7 Å². The highest BCUT2D eigenvalue weighted by atomic mass is 35.5. The predicted octanol–water partition coefficient (Wildman–Crippen LogP) is 2.41. The van der Waals surface area contributed by atoms with E-state index >= 15 is 0 Å². The molecule has 0 atom stereocenters. The van der Waals surface area contributed by atoms with Gasteiger partial charge in [0.2, 0.25) is 0 Å². The number of hydrogen-bond donors (Lipinski definition) is 3. The van der Waals surface area contributed by atoms with Crippen LogP contribution in [0.5, 0.6) is 5.75 Å². The number of nitrogen functional groups attached to an aromatic ring is 1. The van der Waals surface area contributed by atoms with E-state index in [0.717, 1.165) is 0 Å². The molecule has 0 saturated heterocycles. The van der Waals surface area contributed by atoms with E-state index in [1.807, 2.05) is 0 Å². The van der Waals surface area contributed by atoms with Crippen molar-refractivity contribution in [2.45, 2.75) is 6.92 Å². The van der Waals surface area contributed by atoms with Gasteiger partial charge in [-0.05, 0) is 13.0 Å². The van der Waals surface area contributed by atoms with Gasteiger partial charge in [-0.2, -0.15) is 0 Å². The molecule has 4 N–H and O–H groups in total. The lowest BCUT2D eigenvalue weighted by molar-refractivity contribution is 0.210. The van der Waals surface area contributed by atoms with Crippen LogP contribution < -0.4 is 15.8 Å². The average molecular weight is 231 g/mol. The largest absolute Gasteiger partial charge is 0.492 e. The minimum atomic E-state index is -1.19. The van der Waals surface area contributed by atoms with Crippen molar-refractivity contribution < 1.29 is 14.6 Å². The van der Waals surface area contributed by atoms with Gasteiger partial charge < -0.3 is 15.6 Å². The van der Waals surface area contributed by atoms with Crippen molar-refractivity contribution in [2.24, 2.45) is 0 Å². The van der Waals surface area contributed by atoms with E-state index in [-0.39, 0.29) is 11.4 Å². The van der Waals surface area contributed by atoms with Crippen molar-refractivity contribution in [3.8, 4) is 5.75 Å². The Morgan fingerprint density at radius 2 is 2.33 bits per heavy atom. The van der Waals surface area contributed by atoms with E-state index < -0.39 is 6.09 Å². The number of nitrogens with two attached hydrogens (primary N) is 1. The summed E-state index contributed by atoms with van der Waals surface area (Å²) < 4.78 is 5.19. The summed E-state index contributed by atoms with van der Waals surface area (Å²) in [7, 11) is 0. The second kappa shape index (κ2) is 4.75. The maximum absolute atomic E-state index is 10.4. The minimum Gasteiger partial charge on any atom is -0.492 e. The lowest BCUT2D eigenvalue weighted by Gasteiger charge is -2.10. The molecule has 0 aliphatic rings. The van der Waals surface area contributed by atoms with Crippen molar-refractivity contribution in [1.82, 2.24) is 0 Å². The standard InChI is InChI=1S/C9H11ClN2O3/c1-2-15-8-4-7(12-9(13)14)6(11)3-5(8)10/h3-4,12H,2,11H2,1H3,(H,13,14). The average Bonchev–Trinajstić information content (AvgIpc) is 2.12. The summed E-state index contributed by atoms with van der Waals surface area (Å²) in [6.45, 7) is 2.24. The van der Waals surface area contributed by atoms with Gasteiger partial charge in [0.15, 0.2) is 0 Å². The zero-order chi connectivity index (χ0) is 11.4. The highest BCUT2D eigenvalue weighted by molar-refractivity contribution is 6.32. The van der Waals surface area contributed by atoms with E-state index in [2.05, 4.69) is 5.32 Å². The molecule has 0 fully saturated rings. The van der Waals surface area contributed by atoms with Crippen LogP contribution in [0.3, 0.4) is 0 Å². The van der Waals surface area contributed by atoms with Crippen molar-refractivity contribution in [3.63, 3.8) is 0 Å². The highest BCUT2D eigenvalue weighted by Crippen LogP contribution is 2.32. The molecule has 1 amide bonds. The summed E-state index contributed by atoms with van der Waals surface area (Å²) in [5.41, 5.74) is 6.08. The third kappa shape index (κ3) is 2.92. The summed E-state index contributed by atoms with van der Waals surface area (Å²) in [5.74, 6) is 0.400. The van der Waals surface area contributed by atoms with Crippen LogP contribution in [-0.4, -0.2) is 17.8 Å². The van der Waals surface area contributed by atoms with Crippen LogP contribution in [0.25, 0.3) is 0 Å². The molecule has 0 radical (unpaired) electrons. The molecule has 15 heavy (non-hydrogen) atoms. The maximum atomic E-state index is 10.4. The van der Waals surface area contributed by atoms with E-state index in [1.165, 1.54) is 12.1 Å². The smallest absolute Gasteiger partial charge is 0.409 e. The second-order valence-electron chi connectivity index (χ2n) is 2.73. The van der Waals surface area contributed by atoms with Crippen molar-refractivity contribution in [1.29, 1.82) is 0 Å². The number of benzene rings is 1. The first kappa shape index (κ1) is 11.5. The first-order chi connectivity index (χ1) is 7.04. The predicted molar refractivity (Wildman–Crippen MR) is 58.7 cm³/mol. The molecule has 0 spiro atoms. The Balaban J connectivity index is 3.05. The number of ether oxygens (including phenoxy) is 1. The molecule has 0 aliphatic carbocycles. The molecular formula is C9H11ClN2O3. The molecule has 1 aromatic rings. The first-order valence-corrected chi connectivity index (χ1v) is 4.64. The van der Waals surface area contributed by atoms with Gasteiger partial charge in [-0.1, -0.05) is 11.6 Å². The van der Waals surface area contributed by atoms with Crippen LogP contribution in [-0.2, 0) is 0 Å². The lowest BCUT2D eigenvalue weighted by Crippen LogP contribution is -2.09. The van der Waals surface area contributed by atoms with E-state index in [0.29, 0.717) is 17.4 Å². The fourth-order valence-corrected chi connectivity index (χ4v) is 1.29. The number of halogens is 1. The lowest BCUT2D eigenvalue weighted by atomic mass is 10.2. The number of rotatable bonds is 3. The van der Waals surface area contributed by atoms with Crippen LogP contribution in [0.4, 0.5) is 16.2 Å². The molecular weight excluding hydrogens is 220 g/mol. The number of nitrogens with one attached hydrogen (secondary N) is 1.